The Kier molecular flexibility index (Phi) is 4.09. The van der Waals surface area contributed by atoms with E-state index in [0.29, 0.717) is 0 Å². The smallest absolute Gasteiger partial charge is 0.0440 e. The van der Waals surface area contributed by atoms with Gasteiger partial charge in [0.25, 0.3) is 0 Å². The lowest BCUT2D eigenvalue weighted by atomic mass is 9.91. The van der Waals surface area contributed by atoms with Crippen molar-refractivity contribution in [3.8, 4) is 0 Å². The minimum Gasteiger partial charge on any atom is -0.0840 e. The van der Waals surface area contributed by atoms with E-state index < -0.39 is 8.80 Å². The zero-order valence-corrected chi connectivity index (χ0v) is 12.2. The van der Waals surface area contributed by atoms with Gasteiger partial charge in [-0.05, 0) is 42.0 Å². The van der Waals surface area contributed by atoms with Gasteiger partial charge in [-0.25, -0.2) is 0 Å². The zero-order chi connectivity index (χ0) is 11.5. The van der Waals surface area contributed by atoms with Gasteiger partial charge >= 0.3 is 0 Å². The van der Waals surface area contributed by atoms with E-state index in [9.17, 15) is 0 Å². The van der Waals surface area contributed by atoms with Crippen LogP contribution < -0.4 is 0 Å². The Morgan fingerprint density at radius 1 is 1.31 bits per heavy atom. The van der Waals surface area contributed by atoms with Gasteiger partial charge in [0.1, 0.15) is 0 Å². The first-order chi connectivity index (χ1) is 7.76. The predicted molar refractivity (Wildman–Crippen MR) is 75.3 cm³/mol. The van der Waals surface area contributed by atoms with Gasteiger partial charge in [-0.3, -0.25) is 0 Å². The van der Waals surface area contributed by atoms with Crippen LogP contribution in [-0.2, 0) is 12.8 Å². The first-order valence-corrected chi connectivity index (χ1v) is 9.20. The molecule has 0 spiro atoms. The summed E-state index contributed by atoms with van der Waals surface area (Å²) in [6.45, 7) is 4.75. The van der Waals surface area contributed by atoms with Gasteiger partial charge in [-0.15, -0.1) is 0 Å². The maximum Gasteiger partial charge on any atom is 0.0440 e. The van der Waals surface area contributed by atoms with Gasteiger partial charge in [0.15, 0.2) is 0 Å². The quantitative estimate of drug-likeness (QED) is 0.697. The fourth-order valence-electron chi connectivity index (χ4n) is 3.13. The lowest BCUT2D eigenvalue weighted by Gasteiger charge is -2.30. The third-order valence-corrected chi connectivity index (χ3v) is 8.54. The first kappa shape index (κ1) is 12.2. The van der Waals surface area contributed by atoms with E-state index >= 15 is 0 Å². The molecule has 0 aliphatic heterocycles. The fraction of sp³-hybridized carbons (Fsp3) is 0.571. The fourth-order valence-corrected chi connectivity index (χ4v) is 6.52. The topological polar surface area (TPSA) is 0 Å². The van der Waals surface area contributed by atoms with Crippen molar-refractivity contribution in [2.45, 2.75) is 50.7 Å². The van der Waals surface area contributed by atoms with Crippen molar-refractivity contribution in [2.75, 3.05) is 0 Å². The second kappa shape index (κ2) is 5.37. The normalized spacial score (nSPS) is 19.9. The van der Waals surface area contributed by atoms with Crippen LogP contribution in [0.1, 0.15) is 31.4 Å². The highest BCUT2D eigenvalue weighted by Crippen LogP contribution is 2.36. The molecule has 16 heavy (non-hydrogen) atoms. The molecule has 1 atom stereocenters. The van der Waals surface area contributed by atoms with E-state index in [2.05, 4.69) is 32.0 Å². The molecule has 0 aromatic heterocycles. The number of hydrogen-bond donors (Lipinski definition) is 0. The van der Waals surface area contributed by atoms with E-state index in [1.165, 1.54) is 42.5 Å². The van der Waals surface area contributed by atoms with Crippen molar-refractivity contribution >= 4 is 20.4 Å². The molecule has 1 aliphatic rings. The van der Waals surface area contributed by atoms with Crippen molar-refractivity contribution in [3.63, 3.8) is 0 Å². The maximum atomic E-state index is 6.31. The van der Waals surface area contributed by atoms with Crippen LogP contribution in [0.2, 0.25) is 22.7 Å². The first-order valence-electron chi connectivity index (χ1n) is 6.52. The van der Waals surface area contributed by atoms with E-state index in [1.807, 2.05) is 0 Å². The zero-order valence-electron chi connectivity index (χ0n) is 10.3. The average molecular weight is 253 g/mol. The van der Waals surface area contributed by atoms with E-state index in [0.717, 1.165) is 10.6 Å². The summed E-state index contributed by atoms with van der Waals surface area (Å²) < 4.78 is 0. The Hall–Kier alpha value is -0.273. The summed E-state index contributed by atoms with van der Waals surface area (Å²) >= 11 is 6.31. The number of fused-ring (bicyclic) bond motifs is 1. The van der Waals surface area contributed by atoms with Crippen LogP contribution in [-0.4, -0.2) is 8.80 Å². The molecule has 0 amide bonds. The standard InChI is InChI=1S/C14H21ClSi/c1-3-16(4-2)12-9-8-11-6-5-7-14(15)13(11)10-12/h5-7,12,16H,3-4,8-10H2,1-2H3/t12-/m0/s1. The number of hydrogen-bond acceptors (Lipinski definition) is 0. The van der Waals surface area contributed by atoms with Crippen molar-refractivity contribution in [2.24, 2.45) is 0 Å². The molecule has 0 heterocycles. The van der Waals surface area contributed by atoms with Crippen LogP contribution in [0.4, 0.5) is 0 Å². The summed E-state index contributed by atoms with van der Waals surface area (Å²) in [6.07, 6.45) is 3.92. The number of benzene rings is 1. The van der Waals surface area contributed by atoms with Gasteiger partial charge < -0.3 is 0 Å². The number of aryl methyl sites for hydroxylation is 1. The van der Waals surface area contributed by atoms with Crippen molar-refractivity contribution < 1.29 is 0 Å². The molecular weight excluding hydrogens is 232 g/mol. The molecule has 1 aromatic rings. The highest BCUT2D eigenvalue weighted by molar-refractivity contribution is 6.60. The Morgan fingerprint density at radius 3 is 2.75 bits per heavy atom. The van der Waals surface area contributed by atoms with Gasteiger partial charge in [-0.2, -0.15) is 0 Å². The van der Waals surface area contributed by atoms with Crippen LogP contribution in [0, 0.1) is 0 Å². The molecule has 0 fully saturated rings. The molecule has 0 bridgehead atoms. The molecule has 1 aromatic carbocycles. The number of halogens is 1. The molecule has 2 heteroatoms. The second-order valence-electron chi connectivity index (χ2n) is 4.96. The summed E-state index contributed by atoms with van der Waals surface area (Å²) in [7, 11) is -0.512. The lowest BCUT2D eigenvalue weighted by molar-refractivity contribution is 0.665. The Balaban J connectivity index is 2.19. The monoisotopic (exact) mass is 252 g/mol. The van der Waals surface area contributed by atoms with Crippen LogP contribution in [0.3, 0.4) is 0 Å². The van der Waals surface area contributed by atoms with Crippen LogP contribution in [0.25, 0.3) is 0 Å². The largest absolute Gasteiger partial charge is 0.0840 e. The third kappa shape index (κ3) is 2.35. The SMILES string of the molecule is CC[SiH](CC)[C@H]1CCc2cccc(Cl)c2C1. The molecule has 2 rings (SSSR count). The van der Waals surface area contributed by atoms with E-state index in [-0.39, 0.29) is 0 Å². The van der Waals surface area contributed by atoms with Crippen LogP contribution in [0.15, 0.2) is 18.2 Å². The highest BCUT2D eigenvalue weighted by atomic mass is 35.5. The summed E-state index contributed by atoms with van der Waals surface area (Å²) in [6, 6.07) is 9.29. The Labute approximate surface area is 106 Å². The third-order valence-electron chi connectivity index (χ3n) is 4.18. The van der Waals surface area contributed by atoms with Crippen molar-refractivity contribution in [1.82, 2.24) is 0 Å². The summed E-state index contributed by atoms with van der Waals surface area (Å²) in [5, 5.41) is 1.00. The molecule has 0 nitrogen and oxygen atoms in total. The van der Waals surface area contributed by atoms with Gasteiger partial charge in [0, 0.05) is 13.8 Å². The average Bonchev–Trinajstić information content (AvgIpc) is 2.32. The van der Waals surface area contributed by atoms with Gasteiger partial charge in [0.05, 0.1) is 0 Å². The highest BCUT2D eigenvalue weighted by Gasteiger charge is 2.26. The predicted octanol–water partition coefficient (Wildman–Crippen LogP) is 4.47. The molecule has 0 saturated carbocycles. The minimum absolute atomic E-state index is 0.512. The van der Waals surface area contributed by atoms with Crippen molar-refractivity contribution in [1.29, 1.82) is 0 Å². The maximum absolute atomic E-state index is 6.31. The van der Waals surface area contributed by atoms with Crippen molar-refractivity contribution in [3.05, 3.63) is 34.3 Å². The number of rotatable bonds is 3. The van der Waals surface area contributed by atoms with E-state index in [1.54, 1.807) is 0 Å². The molecule has 0 N–H and O–H groups in total. The van der Waals surface area contributed by atoms with Gasteiger partial charge in [-0.1, -0.05) is 49.7 Å². The Bertz CT molecular complexity index is 358. The minimum atomic E-state index is -0.512. The molecule has 0 saturated heterocycles. The molecule has 0 unspecified atom stereocenters. The molecule has 88 valence electrons. The van der Waals surface area contributed by atoms with Crippen LogP contribution in [0.5, 0.6) is 0 Å². The van der Waals surface area contributed by atoms with E-state index in [4.69, 9.17) is 11.6 Å². The summed E-state index contributed by atoms with van der Waals surface area (Å²) in [4.78, 5) is 0. The molecule has 1 aliphatic carbocycles. The summed E-state index contributed by atoms with van der Waals surface area (Å²) in [5.41, 5.74) is 3.95. The summed E-state index contributed by atoms with van der Waals surface area (Å²) in [5.74, 6) is 0. The molecule has 0 radical (unpaired) electrons. The molecular formula is C14H21ClSi. The lowest BCUT2D eigenvalue weighted by Crippen LogP contribution is -2.24. The van der Waals surface area contributed by atoms with Crippen LogP contribution >= 0.6 is 11.6 Å². The Morgan fingerprint density at radius 2 is 2.06 bits per heavy atom. The second-order valence-corrected chi connectivity index (χ2v) is 9.46. The van der Waals surface area contributed by atoms with Gasteiger partial charge in [0.2, 0.25) is 0 Å².